The highest BCUT2D eigenvalue weighted by Crippen LogP contribution is 2.19. The first-order chi connectivity index (χ1) is 14.8. The second kappa shape index (κ2) is 9.64. The van der Waals surface area contributed by atoms with Crippen molar-refractivity contribution in [2.75, 3.05) is 17.1 Å². The monoisotopic (exact) mass is 476 g/mol. The van der Waals surface area contributed by atoms with Gasteiger partial charge in [0, 0.05) is 22.8 Å². The Hall–Kier alpha value is -3.35. The number of benzene rings is 2. The van der Waals surface area contributed by atoms with Crippen LogP contribution in [0.2, 0.25) is 0 Å². The molecule has 1 amide bonds. The number of methoxy groups -OCH3 is 1. The number of sulfonamides is 1. The summed E-state index contributed by atoms with van der Waals surface area (Å²) in [5, 5.41) is 7.22. The van der Waals surface area contributed by atoms with Crippen LogP contribution in [0.1, 0.15) is 20.7 Å². The SMILES string of the molecule is COC(=O)c1cccc(C(=O)NC(=S)Nc2ccc(S(=O)(=O)Nc3nccs3)cc2)c1. The van der Waals surface area contributed by atoms with Crippen LogP contribution in [-0.4, -0.2) is 37.5 Å². The third-order valence-electron chi connectivity index (χ3n) is 3.85. The Morgan fingerprint density at radius 2 is 1.81 bits per heavy atom. The number of thiazole rings is 1. The zero-order chi connectivity index (χ0) is 22.4. The molecular weight excluding hydrogens is 460 g/mol. The third-order valence-corrected chi connectivity index (χ3v) is 6.23. The molecule has 0 bridgehead atoms. The molecule has 0 aliphatic heterocycles. The number of carbonyl (C=O) groups is 2. The number of carbonyl (C=O) groups excluding carboxylic acids is 2. The lowest BCUT2D eigenvalue weighted by Crippen LogP contribution is -2.34. The van der Waals surface area contributed by atoms with Crippen molar-refractivity contribution in [2.45, 2.75) is 4.90 Å². The first-order valence-corrected chi connectivity index (χ1v) is 11.4. The first-order valence-electron chi connectivity index (χ1n) is 8.61. The molecule has 0 atom stereocenters. The Morgan fingerprint density at radius 3 is 2.45 bits per heavy atom. The number of nitrogens with zero attached hydrogens (tertiary/aromatic N) is 1. The molecule has 0 saturated carbocycles. The van der Waals surface area contributed by atoms with Gasteiger partial charge < -0.3 is 10.1 Å². The van der Waals surface area contributed by atoms with E-state index in [2.05, 4.69) is 25.1 Å². The number of ether oxygens (including phenoxy) is 1. The van der Waals surface area contributed by atoms with E-state index in [1.54, 1.807) is 11.4 Å². The summed E-state index contributed by atoms with van der Waals surface area (Å²) in [6, 6.07) is 11.8. The number of thiocarbonyl (C=S) groups is 1. The molecular formula is C19H16N4O5S3. The van der Waals surface area contributed by atoms with Gasteiger partial charge in [-0.25, -0.2) is 18.2 Å². The maximum Gasteiger partial charge on any atom is 0.337 e. The Labute approximate surface area is 187 Å². The van der Waals surface area contributed by atoms with Gasteiger partial charge in [-0.1, -0.05) is 6.07 Å². The average molecular weight is 477 g/mol. The Balaban J connectivity index is 1.62. The highest BCUT2D eigenvalue weighted by molar-refractivity contribution is 7.93. The molecule has 1 heterocycles. The van der Waals surface area contributed by atoms with Gasteiger partial charge in [0.05, 0.1) is 17.6 Å². The predicted molar refractivity (Wildman–Crippen MR) is 121 cm³/mol. The summed E-state index contributed by atoms with van der Waals surface area (Å²) in [5.74, 6) is -1.08. The van der Waals surface area contributed by atoms with Crippen molar-refractivity contribution in [3.05, 3.63) is 71.2 Å². The highest BCUT2D eigenvalue weighted by Gasteiger charge is 2.16. The van der Waals surface area contributed by atoms with E-state index in [1.807, 2.05) is 0 Å². The molecule has 160 valence electrons. The number of amides is 1. The van der Waals surface area contributed by atoms with Crippen LogP contribution in [0.25, 0.3) is 0 Å². The van der Waals surface area contributed by atoms with Crippen molar-refractivity contribution in [3.63, 3.8) is 0 Å². The fraction of sp³-hybridized carbons (Fsp3) is 0.0526. The Bertz CT molecular complexity index is 1210. The van der Waals surface area contributed by atoms with Gasteiger partial charge in [-0.05, 0) is 54.7 Å². The first kappa shape index (κ1) is 22.3. The summed E-state index contributed by atoms with van der Waals surface area (Å²) in [5.41, 5.74) is 0.931. The number of hydrogen-bond donors (Lipinski definition) is 3. The lowest BCUT2D eigenvalue weighted by atomic mass is 10.1. The lowest BCUT2D eigenvalue weighted by Gasteiger charge is -2.11. The molecule has 0 saturated heterocycles. The molecule has 0 aliphatic carbocycles. The van der Waals surface area contributed by atoms with E-state index in [1.165, 1.54) is 67.1 Å². The lowest BCUT2D eigenvalue weighted by molar-refractivity contribution is 0.0600. The van der Waals surface area contributed by atoms with E-state index in [4.69, 9.17) is 12.2 Å². The number of esters is 1. The minimum absolute atomic E-state index is 0.00462. The topological polar surface area (TPSA) is 126 Å². The van der Waals surface area contributed by atoms with Gasteiger partial charge in [-0.3, -0.25) is 14.8 Å². The quantitative estimate of drug-likeness (QED) is 0.366. The van der Waals surface area contributed by atoms with E-state index >= 15 is 0 Å². The normalized spacial score (nSPS) is 10.7. The second-order valence-corrected chi connectivity index (χ2v) is 8.93. The molecule has 1 aromatic heterocycles. The molecule has 3 aromatic rings. The van der Waals surface area contributed by atoms with Gasteiger partial charge in [-0.15, -0.1) is 11.3 Å². The summed E-state index contributed by atoms with van der Waals surface area (Å²) in [4.78, 5) is 27.9. The molecule has 2 aromatic carbocycles. The Kier molecular flexibility index (Phi) is 6.95. The maximum absolute atomic E-state index is 12.4. The number of nitrogens with one attached hydrogen (secondary N) is 3. The van der Waals surface area contributed by atoms with E-state index in [0.29, 0.717) is 5.69 Å². The summed E-state index contributed by atoms with van der Waals surface area (Å²) >= 11 is 6.30. The summed E-state index contributed by atoms with van der Waals surface area (Å²) in [6.45, 7) is 0. The van der Waals surface area contributed by atoms with Crippen LogP contribution in [0, 0.1) is 0 Å². The standard InChI is InChI=1S/C19H16N4O5S3/c1-28-17(25)13-4-2-3-12(11-13)16(24)22-18(29)21-14-5-7-15(8-6-14)31(26,27)23-19-20-9-10-30-19/h2-11H,1H3,(H,20,23)(H2,21,22,24,29). The summed E-state index contributed by atoms with van der Waals surface area (Å²) < 4.78 is 31.7. The largest absolute Gasteiger partial charge is 0.465 e. The van der Waals surface area contributed by atoms with Gasteiger partial charge in [0.15, 0.2) is 10.2 Å². The molecule has 0 spiro atoms. The molecule has 0 fully saturated rings. The number of rotatable bonds is 6. The fourth-order valence-corrected chi connectivity index (χ4v) is 4.41. The zero-order valence-corrected chi connectivity index (χ0v) is 18.4. The maximum atomic E-state index is 12.4. The second-order valence-electron chi connectivity index (χ2n) is 5.95. The van der Waals surface area contributed by atoms with Crippen LogP contribution in [0.15, 0.2) is 65.0 Å². The van der Waals surface area contributed by atoms with Crippen molar-refractivity contribution in [1.29, 1.82) is 0 Å². The smallest absolute Gasteiger partial charge is 0.337 e. The minimum atomic E-state index is -3.77. The number of aromatic nitrogens is 1. The van der Waals surface area contributed by atoms with E-state index in [-0.39, 0.29) is 26.3 Å². The van der Waals surface area contributed by atoms with Crippen LogP contribution in [0.5, 0.6) is 0 Å². The fourth-order valence-electron chi connectivity index (χ4n) is 2.41. The van der Waals surface area contributed by atoms with Crippen molar-refractivity contribution in [1.82, 2.24) is 10.3 Å². The molecule has 0 unspecified atom stereocenters. The molecule has 9 nitrogen and oxygen atoms in total. The minimum Gasteiger partial charge on any atom is -0.465 e. The molecule has 0 radical (unpaired) electrons. The van der Waals surface area contributed by atoms with Crippen molar-refractivity contribution >= 4 is 61.4 Å². The molecule has 3 rings (SSSR count). The van der Waals surface area contributed by atoms with E-state index < -0.39 is 21.9 Å². The van der Waals surface area contributed by atoms with Crippen LogP contribution in [0.4, 0.5) is 10.8 Å². The summed E-state index contributed by atoms with van der Waals surface area (Å²) in [6.07, 6.45) is 1.50. The van der Waals surface area contributed by atoms with Gasteiger partial charge in [0.2, 0.25) is 0 Å². The van der Waals surface area contributed by atoms with Gasteiger partial charge >= 0.3 is 5.97 Å². The van der Waals surface area contributed by atoms with Crippen LogP contribution in [-0.2, 0) is 14.8 Å². The number of anilines is 2. The van der Waals surface area contributed by atoms with E-state index in [0.717, 1.165) is 0 Å². The van der Waals surface area contributed by atoms with Crippen molar-refractivity contribution in [3.8, 4) is 0 Å². The highest BCUT2D eigenvalue weighted by atomic mass is 32.2. The molecule has 0 aliphatic rings. The molecule has 3 N–H and O–H groups in total. The average Bonchev–Trinajstić information content (AvgIpc) is 3.25. The third kappa shape index (κ3) is 5.84. The van der Waals surface area contributed by atoms with Crippen molar-refractivity contribution < 1.29 is 22.7 Å². The van der Waals surface area contributed by atoms with Gasteiger partial charge in [0.1, 0.15) is 0 Å². The molecule has 12 heteroatoms. The summed E-state index contributed by atoms with van der Waals surface area (Å²) in [7, 11) is -2.52. The van der Waals surface area contributed by atoms with Crippen LogP contribution < -0.4 is 15.4 Å². The zero-order valence-electron chi connectivity index (χ0n) is 16.0. The van der Waals surface area contributed by atoms with Crippen LogP contribution >= 0.6 is 23.6 Å². The Morgan fingerprint density at radius 1 is 1.10 bits per heavy atom. The van der Waals surface area contributed by atoms with Gasteiger partial charge in [0.25, 0.3) is 15.9 Å². The molecule has 31 heavy (non-hydrogen) atoms. The van der Waals surface area contributed by atoms with Gasteiger partial charge in [-0.2, -0.15) is 0 Å². The van der Waals surface area contributed by atoms with Crippen molar-refractivity contribution in [2.24, 2.45) is 0 Å². The number of hydrogen-bond acceptors (Lipinski definition) is 8. The van der Waals surface area contributed by atoms with Crippen LogP contribution in [0.3, 0.4) is 0 Å². The van der Waals surface area contributed by atoms with E-state index in [9.17, 15) is 18.0 Å². The predicted octanol–water partition coefficient (Wildman–Crippen LogP) is 2.86.